The van der Waals surface area contributed by atoms with E-state index in [1.54, 1.807) is 95.5 Å². The summed E-state index contributed by atoms with van der Waals surface area (Å²) in [6, 6.07) is -0.0618. The molecular weight excluding hydrogens is 1240 g/mol. The third kappa shape index (κ3) is 27.6. The van der Waals surface area contributed by atoms with Crippen LogP contribution in [0.4, 0.5) is 0 Å². The maximum atomic E-state index is 14.2. The van der Waals surface area contributed by atoms with Crippen molar-refractivity contribution in [3.8, 4) is 5.75 Å². The molecule has 2 fully saturated rings. The van der Waals surface area contributed by atoms with Crippen LogP contribution in [-0.2, 0) is 59.2 Å². The number of hydrogen-bond acceptors (Lipinski definition) is 15. The molecule has 554 valence electrons. The highest BCUT2D eigenvalue weighted by Crippen LogP contribution is 2.30. The number of aromatic hydroxyl groups is 1. The molecule has 1 aromatic rings. The van der Waals surface area contributed by atoms with Crippen molar-refractivity contribution in [1.82, 2.24) is 51.3 Å². The third-order valence-corrected chi connectivity index (χ3v) is 18.0. The third-order valence-electron chi connectivity index (χ3n) is 18.0. The highest BCUT2D eigenvalue weighted by Gasteiger charge is 2.45. The second kappa shape index (κ2) is 43.2. The van der Waals surface area contributed by atoms with Gasteiger partial charge in [0.1, 0.15) is 47.8 Å². The molecule has 3 rings (SSSR count). The summed E-state index contributed by atoms with van der Waals surface area (Å²) in [4.78, 5) is 148. The van der Waals surface area contributed by atoms with Crippen molar-refractivity contribution >= 4 is 64.7 Å². The number of aliphatic hydroxyl groups excluding tert-OH is 2. The number of carbonyl (C=O) groups is 11. The minimum absolute atomic E-state index is 0. The van der Waals surface area contributed by atoms with Gasteiger partial charge in [-0.25, -0.2) is 5.43 Å². The zero-order valence-electron chi connectivity index (χ0n) is 61.3. The number of nitrogens with zero attached hydrogens (tertiary/aromatic N) is 5. The van der Waals surface area contributed by atoms with Gasteiger partial charge >= 0.3 is 0 Å². The van der Waals surface area contributed by atoms with Crippen molar-refractivity contribution < 1.29 is 68.1 Å². The molecule has 0 aliphatic carbocycles. The van der Waals surface area contributed by atoms with Gasteiger partial charge in [-0.05, 0) is 112 Å². The van der Waals surface area contributed by atoms with Gasteiger partial charge in [0.2, 0.25) is 47.1 Å². The first-order valence-corrected chi connectivity index (χ1v) is 33.9. The van der Waals surface area contributed by atoms with Gasteiger partial charge in [0.05, 0.1) is 18.2 Å². The number of benzene rings is 1. The van der Waals surface area contributed by atoms with Crippen LogP contribution >= 0.6 is 0 Å². The molecule has 0 spiro atoms. The molecule has 2 unspecified atom stereocenters. The molecule has 2 aliphatic heterocycles. The fourth-order valence-electron chi connectivity index (χ4n) is 11.1. The topological polar surface area (TPSA) is 325 Å². The number of carbonyl (C=O) groups excluding carboxylic acids is 11. The first-order chi connectivity index (χ1) is 44.1. The zero-order valence-corrected chi connectivity index (χ0v) is 61.3. The molecule has 0 saturated carbocycles. The van der Waals surface area contributed by atoms with E-state index in [2.05, 4.69) is 33.3 Å². The lowest BCUT2D eigenvalue weighted by atomic mass is 9.76. The Bertz CT molecular complexity index is 2780. The van der Waals surface area contributed by atoms with Crippen LogP contribution in [0.15, 0.2) is 48.8 Å². The smallest absolute Gasteiger partial charge is 0.291 e. The van der Waals surface area contributed by atoms with Crippen molar-refractivity contribution in [1.29, 1.82) is 0 Å². The van der Waals surface area contributed by atoms with Gasteiger partial charge < -0.3 is 56.2 Å². The maximum absolute atomic E-state index is 14.2. The molecule has 0 aromatic heterocycles. The number of aliphatic hydroxyl groups is 2. The molecule has 24 nitrogen and oxygen atoms in total. The number of likely N-dealkylation sites (N-methyl/N-ethyl adjacent to an activating group) is 4. The molecule has 2 saturated heterocycles. The quantitative estimate of drug-likeness (QED) is 0.0208. The Labute approximate surface area is 581 Å². The van der Waals surface area contributed by atoms with E-state index in [0.717, 1.165) is 12.8 Å². The normalized spacial score (nSPS) is 17.2. The average molecular weight is 1370 g/mol. The van der Waals surface area contributed by atoms with E-state index in [4.69, 9.17) is 0 Å². The summed E-state index contributed by atoms with van der Waals surface area (Å²) in [5, 5.41) is 43.1. The Hall–Kier alpha value is -7.21. The number of phenolic OH excluding ortho intramolecular Hbond substituents is 1. The van der Waals surface area contributed by atoms with Gasteiger partial charge in [0.25, 0.3) is 11.8 Å². The number of rotatable bonds is 30. The summed E-state index contributed by atoms with van der Waals surface area (Å²) in [7, 11) is 6.06. The fourth-order valence-corrected chi connectivity index (χ4v) is 11.1. The number of ketones is 2. The van der Waals surface area contributed by atoms with E-state index < -0.39 is 89.4 Å². The number of amides is 9. The highest BCUT2D eigenvalue weighted by atomic mass is 16.3. The van der Waals surface area contributed by atoms with Crippen molar-refractivity contribution in [3.05, 3.63) is 54.3 Å². The van der Waals surface area contributed by atoms with Gasteiger partial charge in [-0.1, -0.05) is 156 Å². The van der Waals surface area contributed by atoms with Gasteiger partial charge in [0, 0.05) is 65.0 Å². The predicted octanol–water partition coefficient (Wildman–Crippen LogP) is 7.69. The van der Waals surface area contributed by atoms with Gasteiger partial charge in [0.15, 0.2) is 5.78 Å². The lowest BCUT2D eigenvalue weighted by Gasteiger charge is -2.41. The highest BCUT2D eigenvalue weighted by molar-refractivity contribution is 6.38. The summed E-state index contributed by atoms with van der Waals surface area (Å²) in [6.07, 6.45) is 7.58. The van der Waals surface area contributed by atoms with E-state index in [0.29, 0.717) is 57.2 Å². The van der Waals surface area contributed by atoms with E-state index in [1.165, 1.54) is 57.8 Å². The minimum atomic E-state index is -1.33. The zero-order chi connectivity index (χ0) is 73.3. The Morgan fingerprint density at radius 3 is 1.77 bits per heavy atom. The molecule has 24 heteroatoms. The predicted molar refractivity (Wildman–Crippen MR) is 382 cm³/mol. The van der Waals surface area contributed by atoms with Gasteiger partial charge in [-0.15, -0.1) is 0 Å². The summed E-state index contributed by atoms with van der Waals surface area (Å²) < 4.78 is 0. The Balaban J connectivity index is 0. The van der Waals surface area contributed by atoms with E-state index in [9.17, 15) is 68.1 Å². The van der Waals surface area contributed by atoms with Crippen LogP contribution in [0, 0.1) is 46.8 Å². The second-order valence-corrected chi connectivity index (χ2v) is 28.1. The molecule has 9 amide bonds. The number of hydrazine groups is 1. The number of phenols is 1. The SMILES string of the molecule is C.C.C/C=C/C[C@@H](C)[C@@H](O)[C@@H](C(=O)NC(CC)C(=O)NC)N(C)C(=O)[C@H](C(C)C)N(C)C(=O)[C@H](CC(C)C)N(C)C(=O)C(C)C.C=C(O)C1CCCN(C(=O)[C@H](Cc2cccc(O)c2)NC(=O)[C@@H](NC(=O)C(C)C)C(C)C)N1.CC(=O)[C@@H]1CCCCN1C(=O)C(=O)C(C)(C)C(C)C. The molecule has 8 N–H and O–H groups in total. The average Bonchev–Trinajstić information content (AvgIpc) is 0.864. The largest absolute Gasteiger partial charge is 0.511 e. The molecule has 10 atom stereocenters. The van der Waals surface area contributed by atoms with E-state index in [-0.39, 0.29) is 109 Å². The molecule has 0 bridgehead atoms. The molecule has 1 aromatic carbocycles. The van der Waals surface area contributed by atoms with Crippen LogP contribution in [-0.4, -0.2) is 200 Å². The lowest BCUT2D eigenvalue weighted by molar-refractivity contribution is -0.156. The lowest BCUT2D eigenvalue weighted by Crippen LogP contribution is -2.63. The first-order valence-electron chi connectivity index (χ1n) is 33.9. The molecular formula is C73H128N10O14. The van der Waals surface area contributed by atoms with E-state index >= 15 is 0 Å². The van der Waals surface area contributed by atoms with Crippen LogP contribution < -0.4 is 26.7 Å². The number of hydrogen-bond donors (Lipinski definition) is 8. The first kappa shape index (κ1) is 91.8. The number of allylic oxidation sites excluding steroid dienone is 2. The number of nitrogens with one attached hydrogen (secondary N) is 5. The van der Waals surface area contributed by atoms with Crippen LogP contribution in [0.5, 0.6) is 5.75 Å². The fraction of sp³-hybridized carbons (Fsp3) is 0.712. The van der Waals surface area contributed by atoms with Crippen molar-refractivity contribution in [3.63, 3.8) is 0 Å². The summed E-state index contributed by atoms with van der Waals surface area (Å²) in [5.41, 5.74) is 2.95. The van der Waals surface area contributed by atoms with Crippen LogP contribution in [0.1, 0.15) is 196 Å². The molecule has 2 heterocycles. The summed E-state index contributed by atoms with van der Waals surface area (Å²) >= 11 is 0. The van der Waals surface area contributed by atoms with Crippen LogP contribution in [0.25, 0.3) is 0 Å². The standard InChI is InChI=1S/C32H59N5O6.C24H36N4O5.C15H25NO3.2CH4/c1-14-16-17-22(9)27(38)26(29(40)34-23(15-2)28(39)33-10)37(13)32(43)25(20(5)6)36(12)31(42)24(18-19(3)4)35(11)30(41)21(7)8;1-14(2)21(26-22(31)15(3)4)23(32)25-20(13-17-8-6-9-18(30)12-17)24(33)28-11-7-10-19(27-28)16(5)29;1-10(2)15(4,5)13(18)14(19)16-9-7-6-8-12(16)11(3)17;;/h14,16,19-27,38H,15,17-18H2,1-13H3,(H,33,39)(H,34,40);6,8-9,12,14-15,19-21,27,29-30H,5,7,10-11,13H2,1-4H3,(H,25,32)(H,26,31);10,12H,6-9H2,1-5H3;2*1H4/b16-14+;;;;/t22-,23?,24+,25+,26+,27-;19?,20-,21-;12-;;/m100../s1. The number of likely N-dealkylation sites (tertiary alicyclic amines) is 1. The summed E-state index contributed by atoms with van der Waals surface area (Å²) in [6.45, 7) is 37.0. The van der Waals surface area contributed by atoms with Crippen molar-refractivity contribution in [2.45, 2.75) is 252 Å². The second-order valence-electron chi connectivity index (χ2n) is 28.1. The van der Waals surface area contributed by atoms with Crippen molar-refractivity contribution in [2.24, 2.45) is 46.8 Å². The maximum Gasteiger partial charge on any atom is 0.291 e. The molecule has 0 radical (unpaired) electrons. The number of Topliss-reactive ketones (excluding diaryl/α,β-unsaturated/α-hetero) is 2. The number of piperidine rings is 1. The Morgan fingerprint density at radius 2 is 1.30 bits per heavy atom. The molecule has 2 aliphatic rings. The monoisotopic (exact) mass is 1370 g/mol. The minimum Gasteiger partial charge on any atom is -0.511 e. The Kier molecular flexibility index (Phi) is 41.0. The Morgan fingerprint density at radius 1 is 0.722 bits per heavy atom. The summed E-state index contributed by atoms with van der Waals surface area (Å²) in [5.74, 6) is -5.46. The van der Waals surface area contributed by atoms with Crippen LogP contribution in [0.3, 0.4) is 0 Å². The van der Waals surface area contributed by atoms with E-state index in [1.807, 2.05) is 60.6 Å². The van der Waals surface area contributed by atoms with Gasteiger partial charge in [-0.3, -0.25) is 57.7 Å². The van der Waals surface area contributed by atoms with Crippen molar-refractivity contribution in [2.75, 3.05) is 41.3 Å². The van der Waals surface area contributed by atoms with Crippen LogP contribution in [0.2, 0.25) is 0 Å². The van der Waals surface area contributed by atoms with Gasteiger partial charge in [-0.2, -0.15) is 0 Å². The molecule has 97 heavy (non-hydrogen) atoms.